The molecule has 4 heteroatoms. The Kier molecular flexibility index (Phi) is 6.42. The Balaban J connectivity index is 3.02. The smallest absolute Gasteiger partial charge is 0.254 e. The van der Waals surface area contributed by atoms with E-state index in [0.717, 1.165) is 17.0 Å². The number of nitrogens with zero attached hydrogens (tertiary/aromatic N) is 1. The minimum Gasteiger partial charge on any atom is -0.307 e. The average Bonchev–Trinajstić information content (AvgIpc) is 2.43. The lowest BCUT2D eigenvalue weighted by atomic mass is 9.99. The van der Waals surface area contributed by atoms with Crippen molar-refractivity contribution in [3.05, 3.63) is 29.8 Å². The molecule has 0 aromatic heterocycles. The third-order valence-electron chi connectivity index (χ3n) is 3.62. The van der Waals surface area contributed by atoms with Gasteiger partial charge < -0.3 is 4.72 Å². The predicted octanol–water partition coefficient (Wildman–Crippen LogP) is 3.95. The fourth-order valence-corrected chi connectivity index (χ4v) is 3.34. The lowest BCUT2D eigenvalue weighted by Gasteiger charge is -2.23. The van der Waals surface area contributed by atoms with Crippen LogP contribution in [0.4, 0.5) is 0 Å². The first kappa shape index (κ1) is 18.5. The van der Waals surface area contributed by atoms with E-state index in [0.29, 0.717) is 0 Å². The van der Waals surface area contributed by atoms with Crippen LogP contribution in [0, 0.1) is 12.8 Å². The molecule has 0 fully saturated rings. The molecule has 0 unspecified atom stereocenters. The summed E-state index contributed by atoms with van der Waals surface area (Å²) in [5, 5.41) is 0. The number of benzene rings is 1. The molecule has 3 nitrogen and oxygen atoms in total. The van der Waals surface area contributed by atoms with Crippen LogP contribution in [0.1, 0.15) is 39.7 Å². The summed E-state index contributed by atoms with van der Waals surface area (Å²) in [4.78, 5) is 18.1. The number of aryl methyl sites for hydroxylation is 1. The first-order valence-electron chi connectivity index (χ1n) is 7.56. The van der Waals surface area contributed by atoms with Crippen molar-refractivity contribution in [1.29, 1.82) is 0 Å². The maximum absolute atomic E-state index is 12.7. The maximum Gasteiger partial charge on any atom is 0.254 e. The van der Waals surface area contributed by atoms with Crippen molar-refractivity contribution < 1.29 is 4.79 Å². The molecule has 0 bridgehead atoms. The van der Waals surface area contributed by atoms with E-state index in [2.05, 4.69) is 28.4 Å². The number of nitrogens with one attached hydrogen (secondary N) is 1. The number of amides is 1. The zero-order chi connectivity index (χ0) is 16.9. The van der Waals surface area contributed by atoms with Crippen LogP contribution in [0.25, 0.3) is 0 Å². The molecule has 1 aromatic carbocycles. The molecule has 1 aromatic rings. The van der Waals surface area contributed by atoms with Gasteiger partial charge in [-0.25, -0.2) is 0 Å². The van der Waals surface area contributed by atoms with Gasteiger partial charge >= 0.3 is 0 Å². The Morgan fingerprint density at radius 2 is 1.82 bits per heavy atom. The molecule has 0 saturated carbocycles. The molecule has 0 radical (unpaired) electrons. The van der Waals surface area contributed by atoms with Crippen LogP contribution in [0.5, 0.6) is 0 Å². The van der Waals surface area contributed by atoms with Gasteiger partial charge in [0.2, 0.25) is 0 Å². The molecule has 2 atom stereocenters. The average molecular weight is 321 g/mol. The normalized spacial score (nSPS) is 14.0. The van der Waals surface area contributed by atoms with Crippen LogP contribution < -0.4 is 4.72 Å². The summed E-state index contributed by atoms with van der Waals surface area (Å²) in [5.41, 5.74) is 2.08. The molecule has 0 heterocycles. The Hall–Kier alpha value is -1.55. The SMILES string of the molecule is C=S(=C)(NC(=O)[C@H](N=C(C)C)[C@@H](C)CC)c1ccc(C)cc1. The highest BCUT2D eigenvalue weighted by Crippen LogP contribution is 2.28. The summed E-state index contributed by atoms with van der Waals surface area (Å²) in [5.74, 6) is 8.39. The van der Waals surface area contributed by atoms with Crippen LogP contribution in [-0.2, 0) is 4.79 Å². The Bertz CT molecular complexity index is 638. The second-order valence-electron chi connectivity index (χ2n) is 6.07. The largest absolute Gasteiger partial charge is 0.307 e. The van der Waals surface area contributed by atoms with Crippen molar-refractivity contribution in [2.75, 3.05) is 0 Å². The Labute approximate surface area is 135 Å². The highest BCUT2D eigenvalue weighted by Gasteiger charge is 2.24. The van der Waals surface area contributed by atoms with E-state index in [1.165, 1.54) is 5.56 Å². The summed E-state index contributed by atoms with van der Waals surface area (Å²) >= 11 is 0. The molecule has 1 N–H and O–H groups in total. The van der Waals surface area contributed by atoms with Gasteiger partial charge in [0.25, 0.3) is 5.91 Å². The van der Waals surface area contributed by atoms with Crippen molar-refractivity contribution in [3.8, 4) is 0 Å². The van der Waals surface area contributed by atoms with E-state index in [-0.39, 0.29) is 17.9 Å². The molecule has 0 saturated heterocycles. The molecule has 122 valence electrons. The second kappa shape index (κ2) is 7.63. The molecule has 0 aliphatic rings. The first-order valence-corrected chi connectivity index (χ1v) is 9.53. The van der Waals surface area contributed by atoms with Gasteiger partial charge in [0.05, 0.1) is 0 Å². The lowest BCUT2D eigenvalue weighted by Crippen LogP contribution is -2.36. The fraction of sp³-hybridized carbons (Fsp3) is 0.444. The third kappa shape index (κ3) is 5.02. The van der Waals surface area contributed by atoms with E-state index in [4.69, 9.17) is 0 Å². The molecular formula is C18H28N2OS. The Morgan fingerprint density at radius 1 is 1.27 bits per heavy atom. The van der Waals surface area contributed by atoms with Gasteiger partial charge in [-0.05, 0) is 38.8 Å². The van der Waals surface area contributed by atoms with Crippen molar-refractivity contribution in [3.63, 3.8) is 0 Å². The summed E-state index contributed by atoms with van der Waals surface area (Å²) in [6.07, 6.45) is 0.899. The fourth-order valence-electron chi connectivity index (χ4n) is 2.06. The third-order valence-corrected chi connectivity index (χ3v) is 5.38. The summed E-state index contributed by atoms with van der Waals surface area (Å²) in [7, 11) is -1.87. The lowest BCUT2D eigenvalue weighted by molar-refractivity contribution is -0.121. The van der Waals surface area contributed by atoms with Gasteiger partial charge in [0.15, 0.2) is 0 Å². The molecule has 1 amide bonds. The molecule has 0 aliphatic heterocycles. The summed E-state index contributed by atoms with van der Waals surface area (Å²) in [6.45, 7) is 9.98. The second-order valence-corrected chi connectivity index (χ2v) is 8.51. The van der Waals surface area contributed by atoms with Crippen molar-refractivity contribution >= 4 is 32.8 Å². The van der Waals surface area contributed by atoms with Crippen LogP contribution in [0.3, 0.4) is 0 Å². The van der Waals surface area contributed by atoms with Crippen LogP contribution >= 0.6 is 9.39 Å². The zero-order valence-corrected chi connectivity index (χ0v) is 15.2. The number of aliphatic imine (C=N–C) groups is 1. The van der Waals surface area contributed by atoms with E-state index < -0.39 is 9.39 Å². The van der Waals surface area contributed by atoms with Gasteiger partial charge in [-0.1, -0.05) is 49.7 Å². The van der Waals surface area contributed by atoms with Crippen molar-refractivity contribution in [2.24, 2.45) is 10.9 Å². The highest BCUT2D eigenvalue weighted by atomic mass is 32.2. The summed E-state index contributed by atoms with van der Waals surface area (Å²) in [6, 6.07) is 7.62. The molecule has 0 spiro atoms. The minimum atomic E-state index is -1.87. The van der Waals surface area contributed by atoms with Crippen LogP contribution in [0.2, 0.25) is 0 Å². The van der Waals surface area contributed by atoms with E-state index >= 15 is 0 Å². The topological polar surface area (TPSA) is 41.5 Å². The van der Waals surface area contributed by atoms with Gasteiger partial charge in [0, 0.05) is 10.6 Å². The number of carbonyl (C=O) groups is 1. The number of rotatable bonds is 6. The van der Waals surface area contributed by atoms with E-state index in [1.54, 1.807) is 0 Å². The quantitative estimate of drug-likeness (QED) is 0.626. The number of carbonyl (C=O) groups excluding carboxylic acids is 1. The number of hydrogen-bond donors (Lipinski definition) is 1. The van der Waals surface area contributed by atoms with Crippen molar-refractivity contribution in [2.45, 2.75) is 52.0 Å². The summed E-state index contributed by atoms with van der Waals surface area (Å²) < 4.78 is 3.03. The van der Waals surface area contributed by atoms with Gasteiger partial charge in [0.1, 0.15) is 6.04 Å². The first-order chi connectivity index (χ1) is 10.2. The zero-order valence-electron chi connectivity index (χ0n) is 14.3. The molecule has 22 heavy (non-hydrogen) atoms. The Morgan fingerprint density at radius 3 is 2.27 bits per heavy atom. The van der Waals surface area contributed by atoms with Crippen LogP contribution in [-0.4, -0.2) is 29.4 Å². The van der Waals surface area contributed by atoms with Gasteiger partial charge in [-0.15, -0.1) is 9.39 Å². The van der Waals surface area contributed by atoms with Gasteiger partial charge in [-0.2, -0.15) is 0 Å². The van der Waals surface area contributed by atoms with E-state index in [1.807, 2.05) is 52.0 Å². The highest BCUT2D eigenvalue weighted by molar-refractivity contribution is 8.26. The molecule has 0 aliphatic carbocycles. The van der Waals surface area contributed by atoms with Crippen molar-refractivity contribution in [1.82, 2.24) is 4.72 Å². The maximum atomic E-state index is 12.7. The minimum absolute atomic E-state index is 0.0869. The standard InChI is InChI=1S/C18H28N2OS/c1-8-15(5)17(19-13(2)3)18(21)20-22(6,7)16-11-9-14(4)10-12-16/h9-12,15,17H,6-8H2,1-5H3,(H,20,21)/t15-,17+/m0/s1. The molecule has 1 rings (SSSR count). The predicted molar refractivity (Wildman–Crippen MR) is 101 cm³/mol. The number of hydrogen-bond acceptors (Lipinski definition) is 2. The van der Waals surface area contributed by atoms with E-state index in [9.17, 15) is 4.79 Å². The van der Waals surface area contributed by atoms with Gasteiger partial charge in [-0.3, -0.25) is 9.79 Å². The molecular weight excluding hydrogens is 292 g/mol. The van der Waals surface area contributed by atoms with Crippen LogP contribution in [0.15, 0.2) is 34.2 Å². The monoisotopic (exact) mass is 320 g/mol.